The summed E-state index contributed by atoms with van der Waals surface area (Å²) >= 11 is 0. The lowest BCUT2D eigenvalue weighted by atomic mass is 10.1. The van der Waals surface area contributed by atoms with Crippen molar-refractivity contribution in [2.75, 3.05) is 11.9 Å². The maximum Gasteiger partial charge on any atom is 0.351 e. The van der Waals surface area contributed by atoms with E-state index in [1.54, 1.807) is 74.5 Å². The van der Waals surface area contributed by atoms with Crippen LogP contribution in [0.5, 0.6) is 0 Å². The van der Waals surface area contributed by atoms with Crippen LogP contribution in [0, 0.1) is 0 Å². The van der Waals surface area contributed by atoms with Crippen LogP contribution in [0.4, 0.5) is 5.82 Å². The highest BCUT2D eigenvalue weighted by atomic mass is 16.8. The molecule has 0 unspecified atom stereocenters. The molecule has 1 aliphatic heterocycles. The van der Waals surface area contributed by atoms with Gasteiger partial charge in [-0.05, 0) is 44.2 Å². The maximum atomic E-state index is 12.9. The van der Waals surface area contributed by atoms with Crippen molar-refractivity contribution < 1.29 is 33.3 Å². The van der Waals surface area contributed by atoms with Gasteiger partial charge in [-0.2, -0.15) is 4.98 Å². The zero-order valence-corrected chi connectivity index (χ0v) is 20.1. The average Bonchev–Trinajstić information content (AvgIpc) is 3.22. The van der Waals surface area contributed by atoms with Gasteiger partial charge in [-0.25, -0.2) is 9.59 Å². The summed E-state index contributed by atoms with van der Waals surface area (Å²) in [6, 6.07) is 18.2. The molecule has 3 atom stereocenters. The molecule has 1 aliphatic rings. The van der Waals surface area contributed by atoms with Crippen molar-refractivity contribution in [2.24, 2.45) is 0 Å². The fourth-order valence-electron chi connectivity index (χ4n) is 3.80. The zero-order valence-electron chi connectivity index (χ0n) is 20.1. The van der Waals surface area contributed by atoms with Gasteiger partial charge in [-0.15, -0.1) is 0 Å². The van der Waals surface area contributed by atoms with Crippen LogP contribution in [0.2, 0.25) is 0 Å². The molecule has 1 amide bonds. The summed E-state index contributed by atoms with van der Waals surface area (Å²) in [7, 11) is 0. The van der Waals surface area contributed by atoms with Crippen LogP contribution >= 0.6 is 0 Å². The van der Waals surface area contributed by atoms with Crippen LogP contribution in [0.1, 0.15) is 40.8 Å². The molecule has 0 radical (unpaired) electrons. The molecule has 1 aromatic heterocycles. The van der Waals surface area contributed by atoms with E-state index < -0.39 is 41.8 Å². The van der Waals surface area contributed by atoms with Gasteiger partial charge in [0.05, 0.1) is 5.56 Å². The van der Waals surface area contributed by atoms with E-state index >= 15 is 0 Å². The second-order valence-electron chi connectivity index (χ2n) is 8.55. The van der Waals surface area contributed by atoms with Gasteiger partial charge in [0.25, 0.3) is 12.4 Å². The number of carbonyl (C=O) groups is 3. The van der Waals surface area contributed by atoms with Crippen LogP contribution in [0.25, 0.3) is 0 Å². The second kappa shape index (κ2) is 11.1. The van der Waals surface area contributed by atoms with Crippen molar-refractivity contribution >= 4 is 24.2 Å². The number of amides is 1. The van der Waals surface area contributed by atoms with Gasteiger partial charge in [0.2, 0.25) is 0 Å². The van der Waals surface area contributed by atoms with E-state index in [4.69, 9.17) is 18.9 Å². The van der Waals surface area contributed by atoms with Crippen LogP contribution in [-0.4, -0.2) is 52.5 Å². The second-order valence-corrected chi connectivity index (χ2v) is 8.55. The summed E-state index contributed by atoms with van der Waals surface area (Å²) in [5, 5.41) is 2.57. The van der Waals surface area contributed by atoms with E-state index in [0.717, 1.165) is 4.57 Å². The van der Waals surface area contributed by atoms with Crippen molar-refractivity contribution in [1.29, 1.82) is 0 Å². The van der Waals surface area contributed by atoms with Gasteiger partial charge in [0.1, 0.15) is 18.5 Å². The number of anilines is 1. The standard InChI is InChI=1S/C26H25N3O8/c1-26(2)36-21(19(35-16-30)15-34-24(32)18-11-7-4-8-12-18)23(37-26)29-14-13-20(28-25(29)33)27-22(31)17-9-5-3-6-10-17/h3-14,16,19,21,23H,15H2,1-2H3,(H,27,28,31,33)/t19-,21-,23+/m1/s1. The van der Waals surface area contributed by atoms with Gasteiger partial charge < -0.3 is 24.3 Å². The molecule has 0 saturated carbocycles. The Hall–Kier alpha value is -4.35. The lowest BCUT2D eigenvalue weighted by Crippen LogP contribution is -2.42. The third kappa shape index (κ3) is 6.26. The molecule has 11 heteroatoms. The van der Waals surface area contributed by atoms with E-state index in [-0.39, 0.29) is 18.9 Å². The van der Waals surface area contributed by atoms with Crippen LogP contribution in [0.15, 0.2) is 77.7 Å². The number of hydrogen-bond donors (Lipinski definition) is 1. The molecule has 1 N–H and O–H groups in total. The molecular formula is C26H25N3O8. The largest absolute Gasteiger partial charge is 0.458 e. The number of ether oxygens (including phenoxy) is 4. The smallest absolute Gasteiger partial charge is 0.351 e. The summed E-state index contributed by atoms with van der Waals surface area (Å²) in [5.74, 6) is -2.16. The van der Waals surface area contributed by atoms with E-state index in [2.05, 4.69) is 10.3 Å². The summed E-state index contributed by atoms with van der Waals surface area (Å²) in [4.78, 5) is 52.9. The normalized spacial score (nSPS) is 19.0. The Labute approximate surface area is 211 Å². The summed E-state index contributed by atoms with van der Waals surface area (Å²) in [5.41, 5.74) is -0.0172. The first kappa shape index (κ1) is 25.7. The van der Waals surface area contributed by atoms with Gasteiger partial charge in [0, 0.05) is 11.8 Å². The third-order valence-electron chi connectivity index (χ3n) is 5.47. The Morgan fingerprint density at radius 1 is 1.05 bits per heavy atom. The van der Waals surface area contributed by atoms with Crippen molar-refractivity contribution in [3.8, 4) is 0 Å². The van der Waals surface area contributed by atoms with Gasteiger partial charge in [0.15, 0.2) is 18.1 Å². The number of benzene rings is 2. The molecule has 192 valence electrons. The number of rotatable bonds is 9. The quantitative estimate of drug-likeness (QED) is 0.342. The molecule has 11 nitrogen and oxygen atoms in total. The highest BCUT2D eigenvalue weighted by Crippen LogP contribution is 2.36. The monoisotopic (exact) mass is 507 g/mol. The molecule has 0 spiro atoms. The Balaban J connectivity index is 1.52. The van der Waals surface area contributed by atoms with Crippen molar-refractivity contribution in [3.05, 3.63) is 94.5 Å². The molecule has 4 rings (SSSR count). The Morgan fingerprint density at radius 2 is 1.70 bits per heavy atom. The molecule has 3 aromatic rings. The van der Waals surface area contributed by atoms with Crippen LogP contribution < -0.4 is 11.0 Å². The molecule has 1 fully saturated rings. The minimum absolute atomic E-state index is 0.0438. The lowest BCUT2D eigenvalue weighted by molar-refractivity contribution is -0.168. The number of nitrogens with one attached hydrogen (secondary N) is 1. The predicted octanol–water partition coefficient (Wildman–Crippen LogP) is 2.54. The minimum Gasteiger partial charge on any atom is -0.458 e. The predicted molar refractivity (Wildman–Crippen MR) is 130 cm³/mol. The minimum atomic E-state index is -1.16. The van der Waals surface area contributed by atoms with E-state index in [0.29, 0.717) is 11.1 Å². The molecular weight excluding hydrogens is 482 g/mol. The Morgan fingerprint density at radius 3 is 2.32 bits per heavy atom. The van der Waals surface area contributed by atoms with Crippen molar-refractivity contribution in [1.82, 2.24) is 9.55 Å². The molecule has 37 heavy (non-hydrogen) atoms. The van der Waals surface area contributed by atoms with Crippen molar-refractivity contribution in [3.63, 3.8) is 0 Å². The van der Waals surface area contributed by atoms with E-state index in [1.807, 2.05) is 0 Å². The molecule has 1 saturated heterocycles. The van der Waals surface area contributed by atoms with E-state index in [1.165, 1.54) is 12.3 Å². The fraction of sp³-hybridized carbons (Fsp3) is 0.269. The fourth-order valence-corrected chi connectivity index (χ4v) is 3.80. The Kier molecular flexibility index (Phi) is 7.75. The van der Waals surface area contributed by atoms with Gasteiger partial charge in [-0.1, -0.05) is 36.4 Å². The molecule has 0 bridgehead atoms. The van der Waals surface area contributed by atoms with Crippen LogP contribution in [0.3, 0.4) is 0 Å². The highest BCUT2D eigenvalue weighted by Gasteiger charge is 2.48. The van der Waals surface area contributed by atoms with Gasteiger partial charge in [-0.3, -0.25) is 14.2 Å². The number of hydrogen-bond acceptors (Lipinski definition) is 9. The highest BCUT2D eigenvalue weighted by molar-refractivity contribution is 6.03. The maximum absolute atomic E-state index is 12.9. The molecule has 0 aliphatic carbocycles. The van der Waals surface area contributed by atoms with Gasteiger partial charge >= 0.3 is 11.7 Å². The van der Waals surface area contributed by atoms with Crippen LogP contribution in [-0.2, 0) is 23.7 Å². The summed E-state index contributed by atoms with van der Waals surface area (Å²) < 4.78 is 23.5. The summed E-state index contributed by atoms with van der Waals surface area (Å²) in [6.07, 6.45) is -1.81. The molecule has 2 aromatic carbocycles. The third-order valence-corrected chi connectivity index (χ3v) is 5.47. The van der Waals surface area contributed by atoms with Crippen molar-refractivity contribution in [2.45, 2.75) is 38.1 Å². The first-order valence-corrected chi connectivity index (χ1v) is 11.4. The number of carbonyl (C=O) groups excluding carboxylic acids is 3. The number of nitrogens with zero attached hydrogens (tertiary/aromatic N) is 2. The first-order valence-electron chi connectivity index (χ1n) is 11.4. The lowest BCUT2D eigenvalue weighted by Gasteiger charge is -2.25. The summed E-state index contributed by atoms with van der Waals surface area (Å²) in [6.45, 7) is 3.11. The number of aromatic nitrogens is 2. The Bertz CT molecular complexity index is 1310. The topological polar surface area (TPSA) is 135 Å². The number of esters is 1. The zero-order chi connectivity index (χ0) is 26.4. The SMILES string of the molecule is CC1(C)O[C@H]([C@@H](COC(=O)c2ccccc2)OC=O)[C@@H](n2ccc(NC(=O)c3ccccc3)nc2=O)O1. The molecule has 2 heterocycles. The van der Waals surface area contributed by atoms with E-state index in [9.17, 15) is 19.2 Å². The average molecular weight is 507 g/mol. The first-order chi connectivity index (χ1) is 17.8.